The molecule has 3 rings (SSSR count). The number of carbonyl (C=O) groups is 3. The van der Waals surface area contributed by atoms with Crippen LogP contribution in [0.1, 0.15) is 60.9 Å². The number of nitrogens with zero attached hydrogens (tertiary/aromatic N) is 1. The Morgan fingerprint density at radius 3 is 2.43 bits per heavy atom. The zero-order valence-electron chi connectivity index (χ0n) is 27.3. The van der Waals surface area contributed by atoms with Gasteiger partial charge in [-0.05, 0) is 94.3 Å². The van der Waals surface area contributed by atoms with Crippen molar-refractivity contribution >= 4 is 33.6 Å². The summed E-state index contributed by atoms with van der Waals surface area (Å²) in [5.74, 6) is 0.242. The van der Waals surface area contributed by atoms with Crippen molar-refractivity contribution in [3.63, 3.8) is 0 Å². The van der Waals surface area contributed by atoms with Gasteiger partial charge in [0.2, 0.25) is 21.8 Å². The van der Waals surface area contributed by atoms with Gasteiger partial charge in [0, 0.05) is 44.7 Å². The maximum atomic E-state index is 13.4. The molecule has 2 heterocycles. The van der Waals surface area contributed by atoms with Crippen LogP contribution in [0.3, 0.4) is 0 Å². The van der Waals surface area contributed by atoms with Gasteiger partial charge < -0.3 is 30.7 Å². The van der Waals surface area contributed by atoms with E-state index >= 15 is 0 Å². The molecule has 0 spiro atoms. The molecule has 0 radical (unpaired) electrons. The molecule has 0 unspecified atom stereocenters. The number of likely N-dealkylation sites (N-methyl/N-ethyl adjacent to an activating group) is 1. The van der Waals surface area contributed by atoms with E-state index in [9.17, 15) is 22.8 Å². The minimum absolute atomic E-state index is 0.00924. The number of sulfonamides is 1. The summed E-state index contributed by atoms with van der Waals surface area (Å²) >= 11 is 0. The Morgan fingerprint density at radius 2 is 1.72 bits per heavy atom. The minimum atomic E-state index is -4.17. The average molecular weight is 661 g/mol. The molecule has 2 aromatic rings. The van der Waals surface area contributed by atoms with Crippen LogP contribution in [0.4, 0.5) is 5.82 Å². The fraction of sp³-hybridized carbons (Fsp3) is 0.562. The van der Waals surface area contributed by atoms with Gasteiger partial charge in [-0.15, -0.1) is 0 Å². The molecule has 14 heteroatoms. The molecular weight excluding hydrogens is 612 g/mol. The molecule has 0 saturated carbocycles. The number of esters is 1. The van der Waals surface area contributed by atoms with Crippen molar-refractivity contribution in [1.29, 1.82) is 0 Å². The number of nitrogens with one attached hydrogen (secondary N) is 5. The fourth-order valence-electron chi connectivity index (χ4n) is 5.22. The monoisotopic (exact) mass is 660 g/mol. The summed E-state index contributed by atoms with van der Waals surface area (Å²) in [5.41, 5.74) is 3.04. The molecule has 0 fully saturated rings. The van der Waals surface area contributed by atoms with E-state index in [0.29, 0.717) is 49.2 Å². The SMILES string of the molecule is CNCCNC(=O)CCCOc1cc(C)c(S(=O)(=O)N[C@H](CNC(=O)CCCCc2ccc3c(n2)NCCC3)C(=O)OC)c(C)c1. The van der Waals surface area contributed by atoms with Gasteiger partial charge in [0.05, 0.1) is 18.6 Å². The minimum Gasteiger partial charge on any atom is -0.494 e. The Bertz CT molecular complexity index is 1430. The number of pyridine rings is 1. The first-order valence-corrected chi connectivity index (χ1v) is 17.3. The predicted octanol–water partition coefficient (Wildman–Crippen LogP) is 1.90. The Morgan fingerprint density at radius 1 is 1.00 bits per heavy atom. The van der Waals surface area contributed by atoms with Crippen LogP contribution in [0.5, 0.6) is 5.75 Å². The van der Waals surface area contributed by atoms with Gasteiger partial charge in [0.15, 0.2) is 0 Å². The first-order valence-electron chi connectivity index (χ1n) is 15.8. The second-order valence-electron chi connectivity index (χ2n) is 11.3. The molecule has 0 bridgehead atoms. The van der Waals surface area contributed by atoms with Crippen LogP contribution in [-0.4, -0.2) is 84.2 Å². The number of unbranched alkanes of at least 4 members (excludes halogenated alkanes) is 1. The summed E-state index contributed by atoms with van der Waals surface area (Å²) in [6.07, 6.45) is 5.29. The fourth-order valence-corrected chi connectivity index (χ4v) is 6.86. The van der Waals surface area contributed by atoms with Crippen molar-refractivity contribution in [2.45, 2.75) is 76.2 Å². The largest absolute Gasteiger partial charge is 0.494 e. The van der Waals surface area contributed by atoms with Crippen molar-refractivity contribution in [1.82, 2.24) is 25.7 Å². The number of anilines is 1. The number of fused-ring (bicyclic) bond motifs is 1. The number of aryl methyl sites for hydroxylation is 4. The number of amides is 2. The van der Waals surface area contributed by atoms with Crippen molar-refractivity contribution in [3.05, 3.63) is 46.6 Å². The third kappa shape index (κ3) is 11.6. The number of benzene rings is 1. The third-order valence-corrected chi connectivity index (χ3v) is 9.32. The van der Waals surface area contributed by atoms with Gasteiger partial charge in [-0.1, -0.05) is 6.07 Å². The van der Waals surface area contributed by atoms with E-state index in [1.165, 1.54) is 5.56 Å². The molecular formula is C32H48N6O7S. The summed E-state index contributed by atoms with van der Waals surface area (Å²) in [6.45, 7) is 5.46. The van der Waals surface area contributed by atoms with Gasteiger partial charge in [-0.2, -0.15) is 4.72 Å². The van der Waals surface area contributed by atoms with Gasteiger partial charge in [0.25, 0.3) is 0 Å². The van der Waals surface area contributed by atoms with Crippen molar-refractivity contribution in [2.75, 3.05) is 52.3 Å². The smallest absolute Gasteiger partial charge is 0.325 e. The van der Waals surface area contributed by atoms with Crippen LogP contribution in [0, 0.1) is 13.8 Å². The molecule has 1 aromatic heterocycles. The van der Waals surface area contributed by atoms with E-state index in [1.54, 1.807) is 26.0 Å². The third-order valence-electron chi connectivity index (χ3n) is 7.54. The highest BCUT2D eigenvalue weighted by Crippen LogP contribution is 2.26. The molecule has 1 aliphatic rings. The molecule has 46 heavy (non-hydrogen) atoms. The second-order valence-corrected chi connectivity index (χ2v) is 13.0. The van der Waals surface area contributed by atoms with E-state index in [2.05, 4.69) is 37.0 Å². The van der Waals surface area contributed by atoms with E-state index < -0.39 is 22.0 Å². The number of hydrogen-bond donors (Lipinski definition) is 5. The first-order chi connectivity index (χ1) is 22.0. The molecule has 5 N–H and O–H groups in total. The second kappa shape index (κ2) is 18.4. The van der Waals surface area contributed by atoms with Gasteiger partial charge >= 0.3 is 5.97 Å². The van der Waals surface area contributed by atoms with Gasteiger partial charge in [-0.25, -0.2) is 13.4 Å². The number of aromatic nitrogens is 1. The summed E-state index contributed by atoms with van der Waals surface area (Å²) < 4.78 is 39.8. The van der Waals surface area contributed by atoms with E-state index in [-0.39, 0.29) is 36.3 Å². The van der Waals surface area contributed by atoms with E-state index in [0.717, 1.165) is 50.8 Å². The van der Waals surface area contributed by atoms with Crippen molar-refractivity contribution in [3.8, 4) is 5.75 Å². The maximum Gasteiger partial charge on any atom is 0.325 e. The summed E-state index contributed by atoms with van der Waals surface area (Å²) in [4.78, 5) is 41.6. The summed E-state index contributed by atoms with van der Waals surface area (Å²) in [5, 5.41) is 11.7. The molecule has 1 aromatic carbocycles. The number of carbonyl (C=O) groups excluding carboxylic acids is 3. The molecule has 0 saturated heterocycles. The number of methoxy groups -OCH3 is 1. The molecule has 13 nitrogen and oxygen atoms in total. The molecule has 1 atom stereocenters. The predicted molar refractivity (Wildman–Crippen MR) is 175 cm³/mol. The quantitative estimate of drug-likeness (QED) is 0.111. The zero-order chi connectivity index (χ0) is 33.5. The lowest BCUT2D eigenvalue weighted by atomic mass is 10.1. The summed E-state index contributed by atoms with van der Waals surface area (Å²) in [7, 11) is -1.21. The number of rotatable bonds is 19. The molecule has 254 valence electrons. The van der Waals surface area contributed by atoms with E-state index in [1.807, 2.05) is 13.1 Å². The van der Waals surface area contributed by atoms with E-state index in [4.69, 9.17) is 9.47 Å². The molecule has 2 amide bonds. The Hall–Kier alpha value is -3.75. The van der Waals surface area contributed by atoms with Gasteiger partial charge in [-0.3, -0.25) is 14.4 Å². The zero-order valence-corrected chi connectivity index (χ0v) is 28.1. The number of hydrogen-bond acceptors (Lipinski definition) is 10. The van der Waals surface area contributed by atoms with Crippen LogP contribution >= 0.6 is 0 Å². The molecule has 1 aliphatic heterocycles. The summed E-state index contributed by atoms with van der Waals surface area (Å²) in [6, 6.07) is 6.01. The van der Waals surface area contributed by atoms with Gasteiger partial charge in [0.1, 0.15) is 17.6 Å². The average Bonchev–Trinajstić information content (AvgIpc) is 3.02. The maximum absolute atomic E-state index is 13.4. The molecule has 0 aliphatic carbocycles. The number of ether oxygens (including phenoxy) is 2. The van der Waals surface area contributed by atoms with Crippen molar-refractivity contribution in [2.24, 2.45) is 0 Å². The highest BCUT2D eigenvalue weighted by atomic mass is 32.2. The topological polar surface area (TPSA) is 177 Å². The van der Waals surface area contributed by atoms with Crippen LogP contribution in [0.15, 0.2) is 29.2 Å². The Kier molecular flexibility index (Phi) is 14.7. The first kappa shape index (κ1) is 36.7. The van der Waals surface area contributed by atoms with Crippen LogP contribution in [0.25, 0.3) is 0 Å². The lowest BCUT2D eigenvalue weighted by Crippen LogP contribution is -2.49. The standard InChI is InChI=1S/C32H48N6O7S/c1-22-19-26(45-18-8-12-28(39)34-17-16-33-3)20-23(2)30(22)46(42,43)38-27(32(41)44-4)21-36-29(40)11-6-5-10-25-14-13-24-9-7-15-35-31(24)37-25/h13-14,19-20,27,33,38H,5-12,15-18,21H2,1-4H3,(H,34,39)(H,35,37)(H,36,40)/t27-/m1/s1. The van der Waals surface area contributed by atoms with Crippen LogP contribution in [0.2, 0.25) is 0 Å². The van der Waals surface area contributed by atoms with Crippen molar-refractivity contribution < 1.29 is 32.3 Å². The Balaban J connectivity index is 1.49. The highest BCUT2D eigenvalue weighted by molar-refractivity contribution is 7.89. The Labute approximate surface area is 272 Å². The van der Waals surface area contributed by atoms with Crippen LogP contribution in [-0.2, 0) is 42.0 Å². The normalized spacial score (nSPS) is 13.2. The highest BCUT2D eigenvalue weighted by Gasteiger charge is 2.29. The lowest BCUT2D eigenvalue weighted by molar-refractivity contribution is -0.142. The van der Waals surface area contributed by atoms with Crippen LogP contribution < -0.4 is 30.7 Å². The lowest BCUT2D eigenvalue weighted by Gasteiger charge is -2.20.